The van der Waals surface area contributed by atoms with Crippen molar-refractivity contribution in [1.29, 1.82) is 0 Å². The Labute approximate surface area is 251 Å². The highest BCUT2D eigenvalue weighted by molar-refractivity contribution is 7.92. The van der Waals surface area contributed by atoms with Crippen molar-refractivity contribution in [3.63, 3.8) is 0 Å². The number of hydrogen-bond acceptors (Lipinski definition) is 4. The van der Waals surface area contributed by atoms with Crippen molar-refractivity contribution in [2.45, 2.75) is 90.2 Å². The quantitative estimate of drug-likeness (QED) is 0.298. The second kappa shape index (κ2) is 13.6. The summed E-state index contributed by atoms with van der Waals surface area (Å²) in [6.07, 6.45) is 4.43. The molecule has 1 saturated carbocycles. The predicted molar refractivity (Wildman–Crippen MR) is 168 cm³/mol. The molecule has 42 heavy (non-hydrogen) atoms. The van der Waals surface area contributed by atoms with Gasteiger partial charge in [-0.05, 0) is 87.4 Å². The zero-order chi connectivity index (χ0) is 30.4. The number of carbonyl (C=O) groups is 2. The van der Waals surface area contributed by atoms with Crippen molar-refractivity contribution in [1.82, 2.24) is 10.2 Å². The van der Waals surface area contributed by atoms with Crippen LogP contribution in [0, 0.1) is 27.7 Å². The highest BCUT2D eigenvalue weighted by Crippen LogP contribution is 2.29. The van der Waals surface area contributed by atoms with E-state index >= 15 is 0 Å². The topological polar surface area (TPSA) is 86.8 Å². The zero-order valence-electron chi connectivity index (χ0n) is 25.4. The minimum absolute atomic E-state index is 0.107. The number of anilines is 1. The first kappa shape index (κ1) is 31.3. The maximum Gasteiger partial charge on any atom is 0.264 e. The summed E-state index contributed by atoms with van der Waals surface area (Å²) in [6.45, 7) is 9.27. The first-order valence-corrected chi connectivity index (χ1v) is 16.3. The summed E-state index contributed by atoms with van der Waals surface area (Å²) in [6, 6.07) is 19.4. The molecular weight excluding hydrogens is 546 g/mol. The van der Waals surface area contributed by atoms with Gasteiger partial charge in [-0.2, -0.15) is 0 Å². The molecule has 0 radical (unpaired) electrons. The number of benzene rings is 3. The summed E-state index contributed by atoms with van der Waals surface area (Å²) in [4.78, 5) is 29.6. The van der Waals surface area contributed by atoms with Gasteiger partial charge in [0.15, 0.2) is 0 Å². The maximum atomic E-state index is 14.4. The van der Waals surface area contributed by atoms with E-state index in [1.165, 1.54) is 4.31 Å². The first-order valence-electron chi connectivity index (χ1n) is 14.8. The monoisotopic (exact) mass is 589 g/mol. The summed E-state index contributed by atoms with van der Waals surface area (Å²) in [5, 5.41) is 3.16. The van der Waals surface area contributed by atoms with Gasteiger partial charge >= 0.3 is 0 Å². The van der Waals surface area contributed by atoms with Crippen molar-refractivity contribution in [2.24, 2.45) is 0 Å². The Morgan fingerprint density at radius 2 is 1.52 bits per heavy atom. The fourth-order valence-corrected chi connectivity index (χ4v) is 7.07. The minimum Gasteiger partial charge on any atom is -0.352 e. The third kappa shape index (κ3) is 7.21. The highest BCUT2D eigenvalue weighted by atomic mass is 32.2. The summed E-state index contributed by atoms with van der Waals surface area (Å²) >= 11 is 0. The summed E-state index contributed by atoms with van der Waals surface area (Å²) in [7, 11) is -4.11. The average Bonchev–Trinajstić information content (AvgIpc) is 3.47. The van der Waals surface area contributed by atoms with Gasteiger partial charge in [0.1, 0.15) is 12.6 Å². The third-order valence-electron chi connectivity index (χ3n) is 8.21. The number of sulfonamides is 1. The van der Waals surface area contributed by atoms with E-state index in [0.717, 1.165) is 53.5 Å². The molecule has 0 saturated heterocycles. The van der Waals surface area contributed by atoms with Crippen LogP contribution in [0.2, 0.25) is 0 Å². The van der Waals surface area contributed by atoms with Crippen molar-refractivity contribution in [2.75, 3.05) is 10.8 Å². The van der Waals surface area contributed by atoms with E-state index in [0.29, 0.717) is 12.1 Å². The van der Waals surface area contributed by atoms with Gasteiger partial charge in [0.2, 0.25) is 11.8 Å². The van der Waals surface area contributed by atoms with Gasteiger partial charge in [-0.3, -0.25) is 13.9 Å². The van der Waals surface area contributed by atoms with E-state index in [1.54, 1.807) is 35.2 Å². The number of carbonyl (C=O) groups excluding carboxylic acids is 2. The summed E-state index contributed by atoms with van der Waals surface area (Å²) in [5.74, 6) is -0.616. The molecule has 1 atom stereocenters. The van der Waals surface area contributed by atoms with E-state index in [2.05, 4.69) is 5.32 Å². The zero-order valence-corrected chi connectivity index (χ0v) is 26.2. The molecule has 7 nitrogen and oxygen atoms in total. The van der Waals surface area contributed by atoms with Crippen LogP contribution in [0.5, 0.6) is 0 Å². The van der Waals surface area contributed by atoms with Gasteiger partial charge in [-0.25, -0.2) is 8.42 Å². The highest BCUT2D eigenvalue weighted by Gasteiger charge is 2.35. The SMILES string of the molecule is CC[C@H](C(=O)NC1CCCC1)N(Cc1ccccc1C)C(=O)CN(c1cc(C)ccc1C)S(=O)(=O)c1ccc(C)cc1. The van der Waals surface area contributed by atoms with E-state index in [1.807, 2.05) is 71.0 Å². The van der Waals surface area contributed by atoms with Crippen molar-refractivity contribution >= 4 is 27.5 Å². The standard InChI is InChI=1S/C34H43N3O4S/c1-6-31(34(39)35-29-13-9-10-14-29)36(22-28-12-8-7-11-26(28)4)33(38)23-37(32-21-25(3)15-18-27(32)5)42(40,41)30-19-16-24(2)17-20-30/h7-8,11-12,15-21,29,31H,6,9-10,13-14,22-23H2,1-5H3,(H,35,39)/t31-/m1/s1. The van der Waals surface area contributed by atoms with Gasteiger partial charge in [0.05, 0.1) is 10.6 Å². The van der Waals surface area contributed by atoms with Crippen LogP contribution in [0.4, 0.5) is 5.69 Å². The molecule has 0 bridgehead atoms. The van der Waals surface area contributed by atoms with Crippen LogP contribution < -0.4 is 9.62 Å². The lowest BCUT2D eigenvalue weighted by molar-refractivity contribution is -0.140. The molecule has 0 heterocycles. The molecule has 3 aromatic rings. The van der Waals surface area contributed by atoms with Gasteiger partial charge in [0, 0.05) is 12.6 Å². The number of hydrogen-bond donors (Lipinski definition) is 1. The first-order chi connectivity index (χ1) is 20.0. The fourth-order valence-electron chi connectivity index (χ4n) is 5.60. The van der Waals surface area contributed by atoms with Crippen molar-refractivity contribution in [3.8, 4) is 0 Å². The Morgan fingerprint density at radius 3 is 2.17 bits per heavy atom. The maximum absolute atomic E-state index is 14.4. The van der Waals surface area contributed by atoms with Crippen LogP contribution in [0.15, 0.2) is 71.6 Å². The van der Waals surface area contributed by atoms with E-state index in [9.17, 15) is 18.0 Å². The molecule has 0 aromatic heterocycles. The van der Waals surface area contributed by atoms with Gasteiger partial charge in [-0.15, -0.1) is 0 Å². The van der Waals surface area contributed by atoms with E-state index in [4.69, 9.17) is 0 Å². The number of nitrogens with zero attached hydrogens (tertiary/aromatic N) is 2. The van der Waals surface area contributed by atoms with Crippen LogP contribution in [0.3, 0.4) is 0 Å². The molecule has 1 N–H and O–H groups in total. The molecule has 3 aromatic carbocycles. The lowest BCUT2D eigenvalue weighted by Crippen LogP contribution is -2.53. The Hall–Kier alpha value is -3.65. The second-order valence-corrected chi connectivity index (χ2v) is 13.3. The predicted octanol–water partition coefficient (Wildman–Crippen LogP) is 5.98. The minimum atomic E-state index is -4.11. The lowest BCUT2D eigenvalue weighted by atomic mass is 10.1. The average molecular weight is 590 g/mol. The van der Waals surface area contributed by atoms with E-state index < -0.39 is 28.5 Å². The molecule has 2 amide bonds. The largest absolute Gasteiger partial charge is 0.352 e. The van der Waals surface area contributed by atoms with Crippen LogP contribution in [0.25, 0.3) is 0 Å². The van der Waals surface area contributed by atoms with Crippen LogP contribution in [-0.4, -0.2) is 43.8 Å². The van der Waals surface area contributed by atoms with Gasteiger partial charge in [0.25, 0.3) is 10.0 Å². The molecule has 0 unspecified atom stereocenters. The molecule has 1 aliphatic carbocycles. The number of aryl methyl sites for hydroxylation is 4. The fraction of sp³-hybridized carbons (Fsp3) is 0.412. The molecular formula is C34H43N3O4S. The Morgan fingerprint density at radius 1 is 0.881 bits per heavy atom. The Kier molecular flexibility index (Phi) is 10.1. The van der Waals surface area contributed by atoms with Crippen LogP contribution >= 0.6 is 0 Å². The van der Waals surface area contributed by atoms with Crippen molar-refractivity contribution < 1.29 is 18.0 Å². The second-order valence-electron chi connectivity index (χ2n) is 11.5. The summed E-state index contributed by atoms with van der Waals surface area (Å²) < 4.78 is 29.5. The summed E-state index contributed by atoms with van der Waals surface area (Å²) in [5.41, 5.74) is 4.92. The molecule has 1 aliphatic rings. The van der Waals surface area contributed by atoms with Crippen LogP contribution in [-0.2, 0) is 26.2 Å². The smallest absolute Gasteiger partial charge is 0.264 e. The Bertz CT molecular complexity index is 1510. The Balaban J connectivity index is 1.75. The normalized spacial score (nSPS) is 14.4. The third-order valence-corrected chi connectivity index (χ3v) is 9.98. The molecule has 8 heteroatoms. The number of amides is 2. The molecule has 0 spiro atoms. The molecule has 0 aliphatic heterocycles. The number of rotatable bonds is 11. The van der Waals surface area contributed by atoms with Crippen LogP contribution in [0.1, 0.15) is 66.8 Å². The van der Waals surface area contributed by atoms with Gasteiger partial charge in [-0.1, -0.05) is 73.9 Å². The van der Waals surface area contributed by atoms with Gasteiger partial charge < -0.3 is 10.2 Å². The molecule has 224 valence electrons. The number of nitrogens with one attached hydrogen (secondary N) is 1. The lowest BCUT2D eigenvalue weighted by Gasteiger charge is -2.34. The molecule has 1 fully saturated rings. The van der Waals surface area contributed by atoms with E-state index in [-0.39, 0.29) is 23.4 Å². The molecule has 4 rings (SSSR count). The van der Waals surface area contributed by atoms with Crippen molar-refractivity contribution in [3.05, 3.63) is 94.5 Å².